The van der Waals surface area contributed by atoms with Gasteiger partial charge in [0.2, 0.25) is 0 Å². The summed E-state index contributed by atoms with van der Waals surface area (Å²) in [5, 5.41) is 0. The van der Waals surface area contributed by atoms with Crippen molar-refractivity contribution in [2.24, 2.45) is 22.6 Å². The van der Waals surface area contributed by atoms with Gasteiger partial charge in [0.25, 0.3) is 0 Å². The van der Waals surface area contributed by atoms with E-state index in [1.807, 2.05) is 0 Å². The Morgan fingerprint density at radius 1 is 1.31 bits per heavy atom. The fraction of sp³-hybridized carbons (Fsp3) is 0.769. The number of rotatable bonds is 3. The van der Waals surface area contributed by atoms with Gasteiger partial charge in [0, 0.05) is 6.54 Å². The highest BCUT2D eigenvalue weighted by Gasteiger charge is 2.36. The van der Waals surface area contributed by atoms with Crippen LogP contribution in [0.25, 0.3) is 0 Å². The smallest absolute Gasteiger partial charge is 0.191 e. The Bertz CT molecular complexity index is 317. The number of hydrogen-bond donors (Lipinski definition) is 1. The van der Waals surface area contributed by atoms with Gasteiger partial charge in [-0.25, -0.2) is 0 Å². The molecule has 0 saturated heterocycles. The molecular weight excluding hydrogens is 198 g/mol. The van der Waals surface area contributed by atoms with Gasteiger partial charge < -0.3 is 10.6 Å². The minimum absolute atomic E-state index is 0.588. The largest absolute Gasteiger partial charge is 0.370 e. The lowest BCUT2D eigenvalue weighted by Gasteiger charge is -2.33. The highest BCUT2D eigenvalue weighted by atomic mass is 15.3. The first-order valence-corrected chi connectivity index (χ1v) is 6.56. The van der Waals surface area contributed by atoms with E-state index in [-0.39, 0.29) is 0 Å². The third-order valence-electron chi connectivity index (χ3n) is 4.14. The number of nitrogens with zero attached hydrogens (tertiary/aromatic N) is 2. The number of hydrogen-bond acceptors (Lipinski definition) is 3. The summed E-state index contributed by atoms with van der Waals surface area (Å²) in [5.74, 6) is 2.47. The first-order valence-electron chi connectivity index (χ1n) is 6.56. The van der Waals surface area contributed by atoms with Gasteiger partial charge in [-0.2, -0.15) is 0 Å². The van der Waals surface area contributed by atoms with E-state index in [0.717, 1.165) is 30.9 Å². The van der Waals surface area contributed by atoms with E-state index < -0.39 is 0 Å². The summed E-state index contributed by atoms with van der Waals surface area (Å²) in [5.41, 5.74) is 6.01. The average Bonchev–Trinajstić information content (AvgIpc) is 3.06. The number of nitrogens with two attached hydrogens (primary N) is 1. The summed E-state index contributed by atoms with van der Waals surface area (Å²) in [6, 6.07) is 0.588. The van der Waals surface area contributed by atoms with Crippen molar-refractivity contribution in [1.82, 2.24) is 4.90 Å². The second-order valence-electron chi connectivity index (χ2n) is 5.41. The van der Waals surface area contributed by atoms with Gasteiger partial charge in [-0.15, -0.1) is 0 Å². The summed E-state index contributed by atoms with van der Waals surface area (Å²) in [7, 11) is 0. The summed E-state index contributed by atoms with van der Waals surface area (Å²) in [6.07, 6.45) is 11.2. The molecule has 3 rings (SSSR count). The van der Waals surface area contributed by atoms with Crippen molar-refractivity contribution in [3.05, 3.63) is 12.2 Å². The molecule has 2 N–H and O–H groups in total. The molecule has 1 fully saturated rings. The predicted octanol–water partition coefficient (Wildman–Crippen LogP) is 1.75. The van der Waals surface area contributed by atoms with Gasteiger partial charge >= 0.3 is 0 Å². The lowest BCUT2D eigenvalue weighted by Crippen LogP contribution is -2.45. The monoisotopic (exact) mass is 219 g/mol. The highest BCUT2D eigenvalue weighted by molar-refractivity contribution is 5.80. The van der Waals surface area contributed by atoms with Gasteiger partial charge in [-0.1, -0.05) is 12.2 Å². The van der Waals surface area contributed by atoms with Crippen molar-refractivity contribution in [3.8, 4) is 0 Å². The molecule has 0 bridgehead atoms. The third-order valence-corrected chi connectivity index (χ3v) is 4.14. The van der Waals surface area contributed by atoms with Crippen LogP contribution in [-0.4, -0.2) is 30.0 Å². The fourth-order valence-electron chi connectivity index (χ4n) is 2.92. The zero-order valence-electron chi connectivity index (χ0n) is 9.81. The third kappa shape index (κ3) is 1.95. The maximum atomic E-state index is 6.01. The first kappa shape index (κ1) is 10.2. The van der Waals surface area contributed by atoms with E-state index in [2.05, 4.69) is 22.0 Å². The van der Waals surface area contributed by atoms with E-state index in [9.17, 15) is 0 Å². The summed E-state index contributed by atoms with van der Waals surface area (Å²) >= 11 is 0. The Labute approximate surface area is 97.4 Å². The first-order chi connectivity index (χ1) is 7.84. The van der Waals surface area contributed by atoms with Crippen molar-refractivity contribution >= 4 is 5.96 Å². The Hall–Kier alpha value is -0.990. The van der Waals surface area contributed by atoms with E-state index in [1.54, 1.807) is 0 Å². The normalized spacial score (nSPS) is 34.2. The van der Waals surface area contributed by atoms with E-state index in [4.69, 9.17) is 5.73 Å². The van der Waals surface area contributed by atoms with Crippen molar-refractivity contribution in [2.45, 2.75) is 38.1 Å². The summed E-state index contributed by atoms with van der Waals surface area (Å²) in [6.45, 7) is 2.08. The van der Waals surface area contributed by atoms with Crippen molar-refractivity contribution in [1.29, 1.82) is 0 Å². The van der Waals surface area contributed by atoms with Crippen molar-refractivity contribution < 1.29 is 0 Å². The number of guanidine groups is 1. The SMILES string of the molecule is NC1=NCC(C2CC=CCC2)N1CC1CC1. The molecule has 2 unspecified atom stereocenters. The molecule has 88 valence electrons. The molecule has 0 radical (unpaired) electrons. The van der Waals surface area contributed by atoms with Crippen LogP contribution in [0.3, 0.4) is 0 Å². The minimum Gasteiger partial charge on any atom is -0.370 e. The molecule has 3 heteroatoms. The molecule has 0 aromatic carbocycles. The molecule has 0 aromatic rings. The van der Waals surface area contributed by atoms with Crippen LogP contribution in [0.15, 0.2) is 17.1 Å². The highest BCUT2D eigenvalue weighted by Crippen LogP contribution is 2.34. The van der Waals surface area contributed by atoms with Gasteiger partial charge in [0.15, 0.2) is 5.96 Å². The van der Waals surface area contributed by atoms with Crippen LogP contribution in [0, 0.1) is 11.8 Å². The molecule has 1 heterocycles. The molecule has 2 aliphatic carbocycles. The lowest BCUT2D eigenvalue weighted by atomic mass is 9.87. The molecule has 1 aliphatic heterocycles. The molecular formula is C13H21N3. The average molecular weight is 219 g/mol. The molecule has 0 spiro atoms. The van der Waals surface area contributed by atoms with Crippen molar-refractivity contribution in [3.63, 3.8) is 0 Å². The minimum atomic E-state index is 0.588. The summed E-state index contributed by atoms with van der Waals surface area (Å²) < 4.78 is 0. The topological polar surface area (TPSA) is 41.6 Å². The number of allylic oxidation sites excluding steroid dienone is 2. The quantitative estimate of drug-likeness (QED) is 0.735. The Kier molecular flexibility index (Phi) is 2.62. The molecule has 16 heavy (non-hydrogen) atoms. The van der Waals surface area contributed by atoms with Gasteiger partial charge in [0.1, 0.15) is 0 Å². The van der Waals surface area contributed by atoms with E-state index in [1.165, 1.54) is 32.1 Å². The Morgan fingerprint density at radius 2 is 2.19 bits per heavy atom. The van der Waals surface area contributed by atoms with Gasteiger partial charge in [-0.05, 0) is 43.9 Å². The van der Waals surface area contributed by atoms with Crippen LogP contribution in [0.1, 0.15) is 32.1 Å². The van der Waals surface area contributed by atoms with E-state index >= 15 is 0 Å². The van der Waals surface area contributed by atoms with Crippen LogP contribution in [0.4, 0.5) is 0 Å². The molecule has 0 aromatic heterocycles. The predicted molar refractivity (Wildman–Crippen MR) is 66.2 cm³/mol. The molecule has 3 nitrogen and oxygen atoms in total. The molecule has 0 amide bonds. The maximum absolute atomic E-state index is 6.01. The van der Waals surface area contributed by atoms with Crippen LogP contribution < -0.4 is 5.73 Å². The zero-order valence-corrected chi connectivity index (χ0v) is 9.81. The van der Waals surface area contributed by atoms with Crippen LogP contribution >= 0.6 is 0 Å². The van der Waals surface area contributed by atoms with Gasteiger partial charge in [-0.3, -0.25) is 4.99 Å². The zero-order chi connectivity index (χ0) is 11.0. The molecule has 2 atom stereocenters. The van der Waals surface area contributed by atoms with Crippen LogP contribution in [0.5, 0.6) is 0 Å². The fourth-order valence-corrected chi connectivity index (χ4v) is 2.92. The Balaban J connectivity index is 1.66. The second-order valence-corrected chi connectivity index (χ2v) is 5.41. The molecule has 3 aliphatic rings. The van der Waals surface area contributed by atoms with Crippen LogP contribution in [-0.2, 0) is 0 Å². The lowest BCUT2D eigenvalue weighted by molar-refractivity contribution is 0.230. The summed E-state index contributed by atoms with van der Waals surface area (Å²) in [4.78, 5) is 6.84. The second kappa shape index (κ2) is 4.11. The van der Waals surface area contributed by atoms with Gasteiger partial charge in [0.05, 0.1) is 12.6 Å². The maximum Gasteiger partial charge on any atom is 0.191 e. The van der Waals surface area contributed by atoms with Crippen molar-refractivity contribution in [2.75, 3.05) is 13.1 Å². The molecule has 1 saturated carbocycles. The Morgan fingerprint density at radius 3 is 2.88 bits per heavy atom. The van der Waals surface area contributed by atoms with Crippen LogP contribution in [0.2, 0.25) is 0 Å². The van der Waals surface area contributed by atoms with E-state index in [0.29, 0.717) is 6.04 Å². The standard InChI is InChI=1S/C13H21N3/c14-13-15-8-12(11-4-2-1-3-5-11)16(13)9-10-6-7-10/h1-2,10-12H,3-9H2,(H2,14,15). The number of aliphatic imine (C=N–C) groups is 1.